The molecule has 0 fully saturated rings. The Hall–Kier alpha value is -2.27. The lowest BCUT2D eigenvalue weighted by Crippen LogP contribution is -1.93. The molecule has 76 valence electrons. The fraction of sp³-hybridized carbons (Fsp3) is 0. The van der Waals surface area contributed by atoms with Gasteiger partial charge in [0.1, 0.15) is 6.07 Å². The summed E-state index contributed by atoms with van der Waals surface area (Å²) in [6, 6.07) is 1.53. The number of diazo groups is 1. The first kappa shape index (κ1) is 10.8. The molecule has 0 aliphatic carbocycles. The smallest absolute Gasteiger partial charge is 0.258 e. The topological polar surface area (TPSA) is 114 Å². The van der Waals surface area contributed by atoms with Gasteiger partial charge in [-0.3, -0.25) is 20.2 Å². The van der Waals surface area contributed by atoms with Gasteiger partial charge in [-0.2, -0.15) is 0 Å². The molecule has 0 spiro atoms. The van der Waals surface area contributed by atoms with Gasteiger partial charge in [-0.15, -0.1) is 0 Å². The molecule has 8 nitrogen and oxygen atoms in total. The number of benzene rings is 1. The summed E-state index contributed by atoms with van der Waals surface area (Å²) in [6.07, 6.45) is 0. The van der Waals surface area contributed by atoms with Crippen molar-refractivity contribution in [1.29, 1.82) is 5.39 Å². The van der Waals surface area contributed by atoms with Gasteiger partial charge >= 0.3 is 11.4 Å². The molecule has 15 heavy (non-hydrogen) atoms. The second kappa shape index (κ2) is 3.85. The zero-order chi connectivity index (χ0) is 11.6. The first-order valence-electron chi connectivity index (χ1n) is 3.44. The lowest BCUT2D eigenvalue weighted by atomic mass is 10.2. The number of nitro benzene ring substituents is 2. The number of hydrogen-bond acceptors (Lipinski definition) is 5. The molecule has 0 saturated carbocycles. The van der Waals surface area contributed by atoms with E-state index in [0.29, 0.717) is 6.07 Å². The molecule has 0 unspecified atom stereocenters. The average molecular weight is 230 g/mol. The van der Waals surface area contributed by atoms with Crippen LogP contribution in [0.2, 0.25) is 5.02 Å². The highest BCUT2D eigenvalue weighted by atomic mass is 35.5. The van der Waals surface area contributed by atoms with Gasteiger partial charge in [-0.25, -0.2) is 0 Å². The normalized spacial score (nSPS) is 9.33. The van der Waals surface area contributed by atoms with Crippen molar-refractivity contribution in [3.63, 3.8) is 0 Å². The molecule has 0 aliphatic rings. The van der Waals surface area contributed by atoms with Crippen molar-refractivity contribution in [3.05, 3.63) is 42.4 Å². The third-order valence-corrected chi connectivity index (χ3v) is 1.82. The standard InChI is InChI=1S/C6H2ClN4O4/c7-4-1-3(10(12)13)2-5(11(14)15)6(4)9-8/h1-2H/q+1. The molecule has 0 aromatic heterocycles. The van der Waals surface area contributed by atoms with Crippen LogP contribution in [0.5, 0.6) is 0 Å². The predicted molar refractivity (Wildman–Crippen MR) is 49.5 cm³/mol. The third-order valence-electron chi connectivity index (χ3n) is 1.54. The van der Waals surface area contributed by atoms with E-state index in [4.69, 9.17) is 17.0 Å². The minimum absolute atomic E-state index is 0.363. The highest BCUT2D eigenvalue weighted by molar-refractivity contribution is 6.34. The van der Waals surface area contributed by atoms with Gasteiger partial charge < -0.3 is 0 Å². The van der Waals surface area contributed by atoms with Crippen LogP contribution in [0.25, 0.3) is 4.98 Å². The maximum absolute atomic E-state index is 10.5. The molecule has 0 radical (unpaired) electrons. The molecule has 9 heteroatoms. The Balaban J connectivity index is 3.54. The molecule has 0 saturated heterocycles. The van der Waals surface area contributed by atoms with Crippen LogP contribution in [-0.4, -0.2) is 9.85 Å². The van der Waals surface area contributed by atoms with E-state index in [1.165, 1.54) is 0 Å². The van der Waals surface area contributed by atoms with Gasteiger partial charge in [0.05, 0.1) is 9.85 Å². The number of nitrogens with zero attached hydrogens (tertiary/aromatic N) is 4. The van der Waals surface area contributed by atoms with E-state index in [-0.39, 0.29) is 5.02 Å². The molecule has 1 aromatic carbocycles. The zero-order valence-corrected chi connectivity index (χ0v) is 7.71. The Bertz CT molecular complexity index is 495. The lowest BCUT2D eigenvalue weighted by Gasteiger charge is -1.91. The van der Waals surface area contributed by atoms with E-state index in [1.54, 1.807) is 0 Å². The van der Waals surface area contributed by atoms with Crippen molar-refractivity contribution < 1.29 is 9.85 Å². The highest BCUT2D eigenvalue weighted by Gasteiger charge is 2.32. The van der Waals surface area contributed by atoms with Crippen LogP contribution in [0.4, 0.5) is 17.1 Å². The molecule has 0 aliphatic heterocycles. The summed E-state index contributed by atoms with van der Waals surface area (Å²) in [5, 5.41) is 28.9. The molecular weight excluding hydrogens is 228 g/mol. The third kappa shape index (κ3) is 1.97. The molecule has 0 heterocycles. The number of hydrogen-bond donors (Lipinski definition) is 0. The minimum atomic E-state index is -0.923. The van der Waals surface area contributed by atoms with Crippen LogP contribution in [0.3, 0.4) is 0 Å². The minimum Gasteiger partial charge on any atom is -0.258 e. The molecular formula is C6H2ClN4O4+. The fourth-order valence-electron chi connectivity index (χ4n) is 0.914. The Labute approximate surface area is 87.0 Å². The second-order valence-electron chi connectivity index (χ2n) is 2.41. The maximum Gasteiger partial charge on any atom is 0.479 e. The Morgan fingerprint density at radius 1 is 1.27 bits per heavy atom. The van der Waals surface area contributed by atoms with Crippen molar-refractivity contribution in [2.24, 2.45) is 0 Å². The summed E-state index contributed by atoms with van der Waals surface area (Å²) in [4.78, 5) is 21.7. The van der Waals surface area contributed by atoms with Crippen LogP contribution >= 0.6 is 11.6 Å². The molecule has 0 N–H and O–H groups in total. The van der Waals surface area contributed by atoms with Crippen molar-refractivity contribution >= 4 is 28.7 Å². The van der Waals surface area contributed by atoms with E-state index in [0.717, 1.165) is 6.07 Å². The molecule has 1 aromatic rings. The Kier molecular flexibility index (Phi) is 2.77. The lowest BCUT2D eigenvalue weighted by molar-refractivity contribution is -0.393. The monoisotopic (exact) mass is 229 g/mol. The van der Waals surface area contributed by atoms with E-state index < -0.39 is 26.9 Å². The Morgan fingerprint density at radius 2 is 1.87 bits per heavy atom. The first-order chi connectivity index (χ1) is 6.97. The molecule has 0 atom stereocenters. The summed E-state index contributed by atoms with van der Waals surface area (Å²) in [5.74, 6) is 0. The largest absolute Gasteiger partial charge is 0.479 e. The number of halogens is 1. The summed E-state index contributed by atoms with van der Waals surface area (Å²) in [6.45, 7) is 0. The predicted octanol–water partition coefficient (Wildman–Crippen LogP) is 2.64. The van der Waals surface area contributed by atoms with Gasteiger partial charge in [-0.1, -0.05) is 11.6 Å². The van der Waals surface area contributed by atoms with E-state index in [2.05, 4.69) is 4.98 Å². The Morgan fingerprint density at radius 3 is 2.27 bits per heavy atom. The molecule has 0 amide bonds. The summed E-state index contributed by atoms with van der Waals surface area (Å²) in [7, 11) is 0. The number of rotatable bonds is 2. The quantitative estimate of drug-likeness (QED) is 0.439. The summed E-state index contributed by atoms with van der Waals surface area (Å²) >= 11 is 5.46. The maximum atomic E-state index is 10.5. The number of nitro groups is 2. The fourth-order valence-corrected chi connectivity index (χ4v) is 1.16. The molecule has 0 bridgehead atoms. The first-order valence-corrected chi connectivity index (χ1v) is 3.82. The van der Waals surface area contributed by atoms with Crippen molar-refractivity contribution in [1.82, 2.24) is 0 Å². The summed E-state index contributed by atoms with van der Waals surface area (Å²) in [5.41, 5.74) is -1.77. The van der Waals surface area contributed by atoms with Crippen molar-refractivity contribution in [2.75, 3.05) is 0 Å². The average Bonchev–Trinajstić information content (AvgIpc) is 2.16. The van der Waals surface area contributed by atoms with Crippen LogP contribution in [0.15, 0.2) is 12.1 Å². The van der Waals surface area contributed by atoms with Crippen molar-refractivity contribution in [2.45, 2.75) is 0 Å². The number of non-ortho nitro benzene ring substituents is 1. The van der Waals surface area contributed by atoms with E-state index in [1.807, 2.05) is 0 Å². The van der Waals surface area contributed by atoms with Gasteiger partial charge in [0.2, 0.25) is 5.39 Å². The second-order valence-corrected chi connectivity index (χ2v) is 2.82. The highest BCUT2D eigenvalue weighted by Crippen LogP contribution is 2.38. The van der Waals surface area contributed by atoms with Gasteiger partial charge in [0.25, 0.3) is 5.69 Å². The molecule has 1 rings (SSSR count). The summed E-state index contributed by atoms with van der Waals surface area (Å²) < 4.78 is 0. The van der Waals surface area contributed by atoms with Crippen LogP contribution in [-0.2, 0) is 0 Å². The SMILES string of the molecule is N#[N+]c1c(Cl)cc([N+](=O)[O-])cc1[N+](=O)[O-]. The van der Waals surface area contributed by atoms with Crippen LogP contribution in [0, 0.1) is 25.6 Å². The van der Waals surface area contributed by atoms with Crippen LogP contribution in [0.1, 0.15) is 0 Å². The van der Waals surface area contributed by atoms with E-state index in [9.17, 15) is 20.2 Å². The van der Waals surface area contributed by atoms with Gasteiger partial charge in [-0.05, 0) is 0 Å². The zero-order valence-electron chi connectivity index (χ0n) is 6.95. The van der Waals surface area contributed by atoms with Crippen molar-refractivity contribution in [3.8, 4) is 0 Å². The van der Waals surface area contributed by atoms with Crippen LogP contribution < -0.4 is 0 Å². The van der Waals surface area contributed by atoms with E-state index >= 15 is 0 Å². The van der Waals surface area contributed by atoms with Gasteiger partial charge in [0, 0.05) is 6.07 Å². The van der Waals surface area contributed by atoms with Gasteiger partial charge in [0.15, 0.2) is 10.00 Å².